The van der Waals surface area contributed by atoms with Crippen LogP contribution in [0.1, 0.15) is 16.1 Å². The minimum Gasteiger partial charge on any atom is -0.493 e. The molecule has 27 heavy (non-hydrogen) atoms. The number of halogens is 1. The van der Waals surface area contributed by atoms with Gasteiger partial charge in [-0.2, -0.15) is 10.2 Å². The van der Waals surface area contributed by atoms with E-state index in [1.54, 1.807) is 36.4 Å². The Labute approximate surface area is 158 Å². The summed E-state index contributed by atoms with van der Waals surface area (Å²) in [4.78, 5) is 24.2. The largest absolute Gasteiger partial charge is 0.493 e. The minimum atomic E-state index is -0.565. The molecule has 0 fully saturated rings. The molecule has 0 aliphatic carbocycles. The van der Waals surface area contributed by atoms with Crippen LogP contribution in [0, 0.1) is 0 Å². The first-order valence-corrected chi connectivity index (χ1v) is 8.15. The Kier molecular flexibility index (Phi) is 5.37. The molecule has 2 aromatic carbocycles. The number of nitrogens with zero attached hydrogens (tertiary/aromatic N) is 2. The Hall–Kier alpha value is -3.39. The van der Waals surface area contributed by atoms with Gasteiger partial charge in [-0.3, -0.25) is 9.59 Å². The number of methoxy groups -OCH3 is 2. The van der Waals surface area contributed by atoms with Crippen LogP contribution in [0.2, 0.25) is 5.02 Å². The van der Waals surface area contributed by atoms with Crippen LogP contribution in [0.3, 0.4) is 0 Å². The van der Waals surface area contributed by atoms with Crippen molar-refractivity contribution in [3.63, 3.8) is 0 Å². The number of aromatic nitrogens is 2. The number of fused-ring (bicyclic) bond motifs is 1. The zero-order chi connectivity index (χ0) is 19.4. The van der Waals surface area contributed by atoms with Crippen molar-refractivity contribution in [1.29, 1.82) is 0 Å². The van der Waals surface area contributed by atoms with Gasteiger partial charge in [0, 0.05) is 5.39 Å². The van der Waals surface area contributed by atoms with Crippen molar-refractivity contribution in [3.8, 4) is 11.5 Å². The summed E-state index contributed by atoms with van der Waals surface area (Å²) in [5.41, 5.74) is 2.66. The van der Waals surface area contributed by atoms with Gasteiger partial charge < -0.3 is 9.47 Å². The number of ether oxygens (including phenoxy) is 2. The van der Waals surface area contributed by atoms with Crippen LogP contribution in [-0.4, -0.2) is 36.5 Å². The summed E-state index contributed by atoms with van der Waals surface area (Å²) in [5, 5.41) is 11.2. The molecule has 1 aromatic heterocycles. The van der Waals surface area contributed by atoms with E-state index in [1.165, 1.54) is 20.4 Å². The summed E-state index contributed by atoms with van der Waals surface area (Å²) in [5.74, 6) is 0.278. The van der Waals surface area contributed by atoms with Gasteiger partial charge >= 0.3 is 0 Å². The number of amides is 1. The van der Waals surface area contributed by atoms with Crippen LogP contribution >= 0.6 is 11.6 Å². The van der Waals surface area contributed by atoms with E-state index in [2.05, 4.69) is 20.7 Å². The van der Waals surface area contributed by atoms with Gasteiger partial charge in [-0.05, 0) is 23.8 Å². The third-order valence-corrected chi connectivity index (χ3v) is 4.03. The molecule has 3 aromatic rings. The maximum atomic E-state index is 12.4. The number of aromatic amines is 1. The molecule has 0 atom stereocenters. The minimum absolute atomic E-state index is 0.0627. The number of hydrazone groups is 1. The average molecular weight is 387 g/mol. The van der Waals surface area contributed by atoms with Crippen molar-refractivity contribution in [2.45, 2.75) is 0 Å². The second-order valence-corrected chi connectivity index (χ2v) is 5.79. The SMILES string of the molecule is COc1cc(/C=N\NC(=O)c2n[nH]c(=O)c3ccccc23)cc(Cl)c1OC. The molecule has 2 N–H and O–H groups in total. The van der Waals surface area contributed by atoms with Gasteiger partial charge in [0.1, 0.15) is 0 Å². The van der Waals surface area contributed by atoms with E-state index in [-0.39, 0.29) is 11.3 Å². The molecule has 0 saturated heterocycles. The van der Waals surface area contributed by atoms with Crippen molar-refractivity contribution >= 4 is 34.5 Å². The number of nitrogens with one attached hydrogen (secondary N) is 2. The average Bonchev–Trinajstić information content (AvgIpc) is 2.68. The summed E-state index contributed by atoms with van der Waals surface area (Å²) < 4.78 is 10.4. The summed E-state index contributed by atoms with van der Waals surface area (Å²) in [6, 6.07) is 9.96. The second kappa shape index (κ2) is 7.88. The van der Waals surface area contributed by atoms with Gasteiger partial charge in [0.2, 0.25) is 0 Å². The van der Waals surface area contributed by atoms with Crippen molar-refractivity contribution in [3.05, 3.63) is 63.0 Å². The number of benzene rings is 2. The summed E-state index contributed by atoms with van der Waals surface area (Å²) in [6.07, 6.45) is 1.40. The van der Waals surface area contributed by atoms with Crippen LogP contribution < -0.4 is 20.5 Å². The quantitative estimate of drug-likeness (QED) is 0.517. The fraction of sp³-hybridized carbons (Fsp3) is 0.111. The van der Waals surface area contributed by atoms with E-state index in [9.17, 15) is 9.59 Å². The van der Waals surface area contributed by atoms with E-state index in [0.717, 1.165) is 0 Å². The van der Waals surface area contributed by atoms with Crippen LogP contribution in [0.25, 0.3) is 10.8 Å². The lowest BCUT2D eigenvalue weighted by molar-refractivity contribution is 0.0951. The van der Waals surface area contributed by atoms with Gasteiger partial charge in [0.25, 0.3) is 11.5 Å². The Morgan fingerprint density at radius 1 is 1.22 bits per heavy atom. The van der Waals surface area contributed by atoms with E-state index in [0.29, 0.717) is 32.9 Å². The van der Waals surface area contributed by atoms with Crippen molar-refractivity contribution in [1.82, 2.24) is 15.6 Å². The third-order valence-electron chi connectivity index (χ3n) is 3.75. The molecule has 0 aliphatic heterocycles. The van der Waals surface area contributed by atoms with E-state index >= 15 is 0 Å². The van der Waals surface area contributed by atoms with Crippen LogP contribution in [0.5, 0.6) is 11.5 Å². The lowest BCUT2D eigenvalue weighted by Crippen LogP contribution is -2.22. The highest BCUT2D eigenvalue weighted by Crippen LogP contribution is 2.35. The van der Waals surface area contributed by atoms with Gasteiger partial charge in [-0.15, -0.1) is 0 Å². The van der Waals surface area contributed by atoms with Gasteiger partial charge in [-0.1, -0.05) is 29.8 Å². The molecule has 138 valence electrons. The first-order valence-electron chi connectivity index (χ1n) is 7.77. The molecule has 0 spiro atoms. The van der Waals surface area contributed by atoms with E-state index in [4.69, 9.17) is 21.1 Å². The standard InChI is InChI=1S/C18H15ClN4O4/c1-26-14-8-10(7-13(19)16(14)27-2)9-20-22-18(25)15-11-5-3-4-6-12(11)17(24)23-21-15/h3-9H,1-2H3,(H,22,25)(H,23,24)/b20-9-. The Morgan fingerprint density at radius 2 is 1.96 bits per heavy atom. The zero-order valence-corrected chi connectivity index (χ0v) is 15.2. The molecule has 0 radical (unpaired) electrons. The summed E-state index contributed by atoms with van der Waals surface area (Å²) >= 11 is 6.13. The van der Waals surface area contributed by atoms with Crippen molar-refractivity contribution in [2.24, 2.45) is 5.10 Å². The molecule has 0 unspecified atom stereocenters. The van der Waals surface area contributed by atoms with Crippen LogP contribution in [-0.2, 0) is 0 Å². The number of hydrogen-bond donors (Lipinski definition) is 2. The monoisotopic (exact) mass is 386 g/mol. The van der Waals surface area contributed by atoms with E-state index < -0.39 is 5.91 Å². The number of carbonyl (C=O) groups is 1. The molecule has 0 bridgehead atoms. The molecular weight excluding hydrogens is 372 g/mol. The lowest BCUT2D eigenvalue weighted by atomic mass is 10.1. The molecule has 1 heterocycles. The van der Waals surface area contributed by atoms with Gasteiger partial charge in [-0.25, -0.2) is 10.5 Å². The lowest BCUT2D eigenvalue weighted by Gasteiger charge is -2.09. The second-order valence-electron chi connectivity index (χ2n) is 5.38. The highest BCUT2D eigenvalue weighted by Gasteiger charge is 2.13. The molecule has 3 rings (SSSR count). The fourth-order valence-corrected chi connectivity index (χ4v) is 2.81. The van der Waals surface area contributed by atoms with E-state index in [1.807, 2.05) is 0 Å². The Morgan fingerprint density at radius 3 is 2.67 bits per heavy atom. The number of carbonyl (C=O) groups excluding carboxylic acids is 1. The fourth-order valence-electron chi connectivity index (χ4n) is 2.52. The predicted octanol–water partition coefficient (Wildman–Crippen LogP) is 2.36. The van der Waals surface area contributed by atoms with Crippen LogP contribution in [0.15, 0.2) is 46.3 Å². The van der Waals surface area contributed by atoms with Crippen molar-refractivity contribution < 1.29 is 14.3 Å². The maximum absolute atomic E-state index is 12.4. The molecule has 9 heteroatoms. The van der Waals surface area contributed by atoms with Crippen LogP contribution in [0.4, 0.5) is 0 Å². The predicted molar refractivity (Wildman–Crippen MR) is 102 cm³/mol. The number of H-pyrrole nitrogens is 1. The zero-order valence-electron chi connectivity index (χ0n) is 14.4. The van der Waals surface area contributed by atoms with Gasteiger partial charge in [0.05, 0.1) is 30.8 Å². The molecular formula is C18H15ClN4O4. The highest BCUT2D eigenvalue weighted by molar-refractivity contribution is 6.32. The molecule has 0 aliphatic rings. The van der Waals surface area contributed by atoms with Crippen molar-refractivity contribution in [2.75, 3.05) is 14.2 Å². The normalized spacial score (nSPS) is 10.9. The number of hydrogen-bond acceptors (Lipinski definition) is 6. The first kappa shape index (κ1) is 18.4. The number of rotatable bonds is 5. The smallest absolute Gasteiger partial charge is 0.292 e. The Bertz CT molecular complexity index is 1090. The summed E-state index contributed by atoms with van der Waals surface area (Å²) in [6.45, 7) is 0. The first-order chi connectivity index (χ1) is 13.0. The Balaban J connectivity index is 1.84. The topological polar surface area (TPSA) is 106 Å². The molecule has 0 saturated carbocycles. The molecule has 1 amide bonds. The maximum Gasteiger partial charge on any atom is 0.292 e. The third kappa shape index (κ3) is 3.75. The summed E-state index contributed by atoms with van der Waals surface area (Å²) in [7, 11) is 2.98. The highest BCUT2D eigenvalue weighted by atomic mass is 35.5. The van der Waals surface area contributed by atoms with Gasteiger partial charge in [0.15, 0.2) is 17.2 Å². The molecule has 8 nitrogen and oxygen atoms in total.